The van der Waals surface area contributed by atoms with Gasteiger partial charge in [-0.1, -0.05) is 12.1 Å². The van der Waals surface area contributed by atoms with Gasteiger partial charge in [0.25, 0.3) is 5.91 Å². The Bertz CT molecular complexity index is 877. The zero-order valence-electron chi connectivity index (χ0n) is 14.6. The van der Waals surface area contributed by atoms with E-state index in [1.807, 2.05) is 4.90 Å². The number of carbonyl (C=O) groups is 2. The predicted molar refractivity (Wildman–Crippen MR) is 96.2 cm³/mol. The maximum absolute atomic E-state index is 13.9. The van der Waals surface area contributed by atoms with Crippen molar-refractivity contribution in [3.63, 3.8) is 0 Å². The number of nitrogens with one attached hydrogen (secondary N) is 1. The normalized spacial score (nSPS) is 18.7. The molecule has 0 aromatic heterocycles. The number of hydrogen-bond acceptors (Lipinski definition) is 3. The second-order valence-electron chi connectivity index (χ2n) is 6.87. The number of amides is 2. The van der Waals surface area contributed by atoms with Gasteiger partial charge in [0.05, 0.1) is 12.2 Å². The Morgan fingerprint density at radius 2 is 1.67 bits per heavy atom. The first-order valence-electron chi connectivity index (χ1n) is 8.87. The van der Waals surface area contributed by atoms with E-state index < -0.39 is 11.4 Å². The minimum absolute atomic E-state index is 0.0414. The van der Waals surface area contributed by atoms with Gasteiger partial charge >= 0.3 is 0 Å². The second kappa shape index (κ2) is 6.64. The Balaban J connectivity index is 1.54. The van der Waals surface area contributed by atoms with Crippen molar-refractivity contribution < 1.29 is 18.4 Å². The van der Waals surface area contributed by atoms with Crippen LogP contribution in [0.4, 0.5) is 14.5 Å². The Morgan fingerprint density at radius 3 is 2.33 bits per heavy atom. The van der Waals surface area contributed by atoms with Crippen LogP contribution in [0.2, 0.25) is 0 Å². The maximum atomic E-state index is 13.9. The van der Waals surface area contributed by atoms with Gasteiger partial charge < -0.3 is 15.1 Å². The van der Waals surface area contributed by atoms with Crippen molar-refractivity contribution in [2.45, 2.75) is 18.4 Å². The molecule has 0 bridgehead atoms. The molecule has 140 valence electrons. The topological polar surface area (TPSA) is 52.7 Å². The molecule has 2 heterocycles. The van der Waals surface area contributed by atoms with Gasteiger partial charge in [0, 0.05) is 18.8 Å². The third-order valence-electron chi connectivity index (χ3n) is 5.46. The summed E-state index contributed by atoms with van der Waals surface area (Å²) in [4.78, 5) is 28.7. The Kier molecular flexibility index (Phi) is 4.30. The van der Waals surface area contributed by atoms with Crippen molar-refractivity contribution in [1.29, 1.82) is 0 Å². The Morgan fingerprint density at radius 1 is 1.00 bits per heavy atom. The van der Waals surface area contributed by atoms with Crippen molar-refractivity contribution in [2.24, 2.45) is 0 Å². The zero-order valence-corrected chi connectivity index (χ0v) is 14.6. The quantitative estimate of drug-likeness (QED) is 0.883. The lowest BCUT2D eigenvalue weighted by Gasteiger charge is -2.43. The molecule has 2 fully saturated rings. The molecule has 0 atom stereocenters. The first kappa shape index (κ1) is 17.5. The molecule has 2 saturated heterocycles. The van der Waals surface area contributed by atoms with Crippen LogP contribution >= 0.6 is 0 Å². The van der Waals surface area contributed by atoms with E-state index >= 15 is 0 Å². The molecule has 0 unspecified atom stereocenters. The molecule has 27 heavy (non-hydrogen) atoms. The van der Waals surface area contributed by atoms with Gasteiger partial charge in [0.15, 0.2) is 0 Å². The molecule has 0 saturated carbocycles. The molecule has 2 amide bonds. The van der Waals surface area contributed by atoms with E-state index in [1.165, 1.54) is 24.3 Å². The lowest BCUT2D eigenvalue weighted by atomic mass is 9.85. The molecule has 2 aromatic carbocycles. The lowest BCUT2D eigenvalue weighted by Crippen LogP contribution is -2.57. The molecule has 4 rings (SSSR count). The van der Waals surface area contributed by atoms with Crippen molar-refractivity contribution in [1.82, 2.24) is 10.2 Å². The van der Waals surface area contributed by atoms with Gasteiger partial charge in [-0.25, -0.2) is 8.78 Å². The highest BCUT2D eigenvalue weighted by Crippen LogP contribution is 2.36. The van der Waals surface area contributed by atoms with Crippen LogP contribution < -0.4 is 10.2 Å². The fourth-order valence-corrected chi connectivity index (χ4v) is 3.93. The van der Waals surface area contributed by atoms with E-state index in [-0.39, 0.29) is 23.2 Å². The summed E-state index contributed by atoms with van der Waals surface area (Å²) in [6.07, 6.45) is 0.854. The van der Waals surface area contributed by atoms with Gasteiger partial charge in [0.1, 0.15) is 17.2 Å². The van der Waals surface area contributed by atoms with E-state index in [0.29, 0.717) is 32.6 Å². The summed E-state index contributed by atoms with van der Waals surface area (Å²) in [7, 11) is 0. The molecule has 2 aromatic rings. The average Bonchev–Trinajstić information content (AvgIpc) is 2.99. The van der Waals surface area contributed by atoms with Crippen LogP contribution in [0.25, 0.3) is 0 Å². The highest BCUT2D eigenvalue weighted by atomic mass is 19.1. The van der Waals surface area contributed by atoms with E-state index in [9.17, 15) is 18.4 Å². The van der Waals surface area contributed by atoms with E-state index in [2.05, 4.69) is 5.32 Å². The standard InChI is InChI=1S/C20H19F2N3O2/c21-14-5-7-15(8-6-14)25-13-23-19(27)20(25)9-11-24(12-10-20)18(26)16-3-1-2-4-17(16)22/h1-8H,9-13H2,(H,23,27). The zero-order chi connectivity index (χ0) is 19.0. The summed E-state index contributed by atoms with van der Waals surface area (Å²) in [5.74, 6) is -1.34. The summed E-state index contributed by atoms with van der Waals surface area (Å²) in [5, 5.41) is 2.86. The van der Waals surface area contributed by atoms with Crippen LogP contribution in [0.1, 0.15) is 23.2 Å². The molecular formula is C20H19F2N3O2. The number of anilines is 1. The smallest absolute Gasteiger partial charge is 0.256 e. The largest absolute Gasteiger partial charge is 0.339 e. The highest BCUT2D eigenvalue weighted by Gasteiger charge is 2.50. The molecule has 7 heteroatoms. The van der Waals surface area contributed by atoms with Crippen LogP contribution in [0.3, 0.4) is 0 Å². The minimum Gasteiger partial charge on any atom is -0.339 e. The van der Waals surface area contributed by atoms with Gasteiger partial charge in [-0.05, 0) is 49.2 Å². The van der Waals surface area contributed by atoms with E-state index in [0.717, 1.165) is 5.69 Å². The molecule has 5 nitrogen and oxygen atoms in total. The number of nitrogens with zero attached hydrogens (tertiary/aromatic N) is 2. The second-order valence-corrected chi connectivity index (χ2v) is 6.87. The summed E-state index contributed by atoms with van der Waals surface area (Å²) in [6, 6.07) is 11.9. The van der Waals surface area contributed by atoms with Crippen molar-refractivity contribution in [3.05, 3.63) is 65.7 Å². The monoisotopic (exact) mass is 371 g/mol. The fourth-order valence-electron chi connectivity index (χ4n) is 3.93. The average molecular weight is 371 g/mol. The van der Waals surface area contributed by atoms with Crippen LogP contribution in [0, 0.1) is 11.6 Å². The van der Waals surface area contributed by atoms with Crippen LogP contribution in [0.5, 0.6) is 0 Å². The summed E-state index contributed by atoms with van der Waals surface area (Å²) >= 11 is 0. The Labute approximate surface area is 155 Å². The number of benzene rings is 2. The van der Waals surface area contributed by atoms with Crippen molar-refractivity contribution in [3.8, 4) is 0 Å². The molecule has 2 aliphatic rings. The number of hydrogen-bond donors (Lipinski definition) is 1. The van der Waals surface area contributed by atoms with Crippen LogP contribution in [-0.4, -0.2) is 42.0 Å². The molecule has 2 aliphatic heterocycles. The van der Waals surface area contributed by atoms with Crippen molar-refractivity contribution >= 4 is 17.5 Å². The summed E-state index contributed by atoms with van der Waals surface area (Å²) < 4.78 is 27.2. The SMILES string of the molecule is O=C(c1ccccc1F)N1CCC2(CC1)C(=O)NCN2c1ccc(F)cc1. The summed E-state index contributed by atoms with van der Waals surface area (Å²) in [5.41, 5.74) is 0.0208. The van der Waals surface area contributed by atoms with Crippen LogP contribution in [0.15, 0.2) is 48.5 Å². The van der Waals surface area contributed by atoms with Crippen LogP contribution in [-0.2, 0) is 4.79 Å². The number of piperidine rings is 1. The molecule has 0 radical (unpaired) electrons. The predicted octanol–water partition coefficient (Wildman–Crippen LogP) is 2.53. The fraction of sp³-hybridized carbons (Fsp3) is 0.300. The highest BCUT2D eigenvalue weighted by molar-refractivity contribution is 5.96. The number of carbonyl (C=O) groups excluding carboxylic acids is 2. The number of halogens is 2. The number of likely N-dealkylation sites (tertiary alicyclic amines) is 1. The molecular weight excluding hydrogens is 352 g/mol. The number of rotatable bonds is 2. The van der Waals surface area contributed by atoms with E-state index in [1.54, 1.807) is 29.2 Å². The van der Waals surface area contributed by atoms with Gasteiger partial charge in [-0.3, -0.25) is 9.59 Å². The van der Waals surface area contributed by atoms with E-state index in [4.69, 9.17) is 0 Å². The third kappa shape index (κ3) is 2.93. The van der Waals surface area contributed by atoms with Gasteiger partial charge in [0.2, 0.25) is 5.91 Å². The molecule has 0 aliphatic carbocycles. The Hall–Kier alpha value is -2.96. The molecule has 1 N–H and O–H groups in total. The summed E-state index contributed by atoms with van der Waals surface area (Å²) in [6.45, 7) is 1.03. The van der Waals surface area contributed by atoms with Crippen molar-refractivity contribution in [2.75, 3.05) is 24.7 Å². The lowest BCUT2D eigenvalue weighted by molar-refractivity contribution is -0.124. The van der Waals surface area contributed by atoms with Gasteiger partial charge in [-0.15, -0.1) is 0 Å². The van der Waals surface area contributed by atoms with Gasteiger partial charge in [-0.2, -0.15) is 0 Å². The first-order valence-corrected chi connectivity index (χ1v) is 8.87. The maximum Gasteiger partial charge on any atom is 0.256 e. The molecule has 1 spiro atoms. The first-order chi connectivity index (χ1) is 13.0. The third-order valence-corrected chi connectivity index (χ3v) is 5.46. The minimum atomic E-state index is -0.774.